The number of hydrogen-bond acceptors (Lipinski definition) is 4. The Hall–Kier alpha value is -2.40. The molecule has 0 radical (unpaired) electrons. The van der Waals surface area contributed by atoms with E-state index in [-0.39, 0.29) is 5.41 Å². The molecule has 1 saturated heterocycles. The monoisotopic (exact) mass is 364 g/mol. The number of benzene rings is 1. The zero-order chi connectivity index (χ0) is 19.0. The fourth-order valence-corrected chi connectivity index (χ4v) is 4.13. The highest BCUT2D eigenvalue weighted by Gasteiger charge is 2.39. The molecular weight excluding hydrogens is 336 g/mol. The number of ether oxygens (including phenoxy) is 1. The second-order valence-corrected chi connectivity index (χ2v) is 7.67. The number of aryl methyl sites for hydroxylation is 2. The second kappa shape index (κ2) is 6.97. The third kappa shape index (κ3) is 3.00. The van der Waals surface area contributed by atoms with Crippen molar-refractivity contribution in [2.45, 2.75) is 38.5 Å². The molecule has 4 rings (SSSR count). The quantitative estimate of drug-likeness (QED) is 0.651. The topological polar surface area (TPSA) is 43.2 Å². The van der Waals surface area contributed by atoms with E-state index in [1.54, 1.807) is 0 Å². The van der Waals surface area contributed by atoms with Crippen molar-refractivity contribution in [1.82, 2.24) is 14.5 Å². The average molecular weight is 364 g/mol. The summed E-state index contributed by atoms with van der Waals surface area (Å²) in [6, 6.07) is 9.02. The first-order valence-electron chi connectivity index (χ1n) is 9.80. The Balaban J connectivity index is 1.70. The summed E-state index contributed by atoms with van der Waals surface area (Å²) in [6.07, 6.45) is 7.04. The van der Waals surface area contributed by atoms with Crippen LogP contribution in [0.15, 0.2) is 36.8 Å². The van der Waals surface area contributed by atoms with Gasteiger partial charge < -0.3 is 14.2 Å². The van der Waals surface area contributed by atoms with E-state index >= 15 is 0 Å². The maximum Gasteiger partial charge on any atom is 0.134 e. The van der Waals surface area contributed by atoms with Crippen molar-refractivity contribution in [3.63, 3.8) is 0 Å². The predicted octanol–water partition coefficient (Wildman–Crippen LogP) is 4.37. The fraction of sp³-hybridized carbons (Fsp3) is 0.455. The first-order valence-corrected chi connectivity index (χ1v) is 9.80. The van der Waals surface area contributed by atoms with Crippen LogP contribution >= 0.6 is 0 Å². The number of pyridine rings is 1. The zero-order valence-corrected chi connectivity index (χ0v) is 16.7. The molecule has 27 heavy (non-hydrogen) atoms. The van der Waals surface area contributed by atoms with Crippen molar-refractivity contribution < 1.29 is 4.74 Å². The van der Waals surface area contributed by atoms with Crippen LogP contribution in [0.4, 0.5) is 11.5 Å². The summed E-state index contributed by atoms with van der Waals surface area (Å²) >= 11 is 0. The molecule has 1 aliphatic rings. The first kappa shape index (κ1) is 18.0. The normalized spacial score (nSPS) is 15.7. The third-order valence-electron chi connectivity index (χ3n) is 5.86. The summed E-state index contributed by atoms with van der Waals surface area (Å²) in [5.74, 6) is 0.934. The molecule has 3 heterocycles. The van der Waals surface area contributed by atoms with E-state index in [2.05, 4.69) is 60.0 Å². The highest BCUT2D eigenvalue weighted by Crippen LogP contribution is 2.39. The van der Waals surface area contributed by atoms with E-state index in [0.717, 1.165) is 36.5 Å². The lowest BCUT2D eigenvalue weighted by Crippen LogP contribution is -2.46. The molecule has 0 spiro atoms. The van der Waals surface area contributed by atoms with Gasteiger partial charge in [-0.2, -0.15) is 0 Å². The number of aromatic nitrogens is 3. The summed E-state index contributed by atoms with van der Waals surface area (Å²) in [6.45, 7) is 6.16. The largest absolute Gasteiger partial charge is 0.379 e. The van der Waals surface area contributed by atoms with Gasteiger partial charge in [0, 0.05) is 31.3 Å². The molecule has 0 N–H and O–H groups in total. The molecule has 5 nitrogen and oxygen atoms in total. The van der Waals surface area contributed by atoms with Gasteiger partial charge >= 0.3 is 0 Å². The van der Waals surface area contributed by atoms with Crippen LogP contribution in [0.1, 0.15) is 37.8 Å². The number of hydrogen-bond donors (Lipinski definition) is 0. The average Bonchev–Trinajstić information content (AvgIpc) is 3.04. The summed E-state index contributed by atoms with van der Waals surface area (Å²) in [5.41, 5.74) is 6.20. The lowest BCUT2D eigenvalue weighted by Gasteiger charge is -2.42. The van der Waals surface area contributed by atoms with Gasteiger partial charge in [-0.1, -0.05) is 32.4 Å². The number of anilines is 2. The van der Waals surface area contributed by atoms with Gasteiger partial charge in [-0.05, 0) is 30.0 Å². The molecule has 0 atom stereocenters. The lowest BCUT2D eigenvalue weighted by atomic mass is 9.74. The standard InChI is InChI=1S/C22H28N4O/c1-5-9-22(13-27-14-22)17-7-8-19(16(6-2)10-17)26(4)21-11-20-18(12-23-21)24-15-25(20)3/h7-8,10-12,15H,5-6,9,13-14H2,1-4H3. The molecule has 3 aromatic rings. The molecule has 2 aromatic heterocycles. The fourth-order valence-electron chi connectivity index (χ4n) is 4.13. The van der Waals surface area contributed by atoms with E-state index in [1.807, 2.05) is 24.1 Å². The highest BCUT2D eigenvalue weighted by molar-refractivity contribution is 5.79. The van der Waals surface area contributed by atoms with Crippen LogP contribution in [0.2, 0.25) is 0 Å². The summed E-state index contributed by atoms with van der Waals surface area (Å²) < 4.78 is 7.61. The van der Waals surface area contributed by atoms with Crippen LogP contribution in [-0.2, 0) is 23.6 Å². The number of fused-ring (bicyclic) bond motifs is 1. The molecular formula is C22H28N4O. The summed E-state index contributed by atoms with van der Waals surface area (Å²) in [4.78, 5) is 11.2. The Morgan fingerprint density at radius 2 is 2.00 bits per heavy atom. The molecule has 1 fully saturated rings. The molecule has 0 aliphatic carbocycles. The molecule has 0 amide bonds. The zero-order valence-electron chi connectivity index (χ0n) is 16.7. The van der Waals surface area contributed by atoms with Gasteiger partial charge in [0.05, 0.1) is 31.3 Å². The Kier molecular flexibility index (Phi) is 4.64. The van der Waals surface area contributed by atoms with Crippen LogP contribution in [-0.4, -0.2) is 34.8 Å². The van der Waals surface area contributed by atoms with Crippen molar-refractivity contribution in [2.75, 3.05) is 25.2 Å². The molecule has 0 saturated carbocycles. The lowest BCUT2D eigenvalue weighted by molar-refractivity contribution is -0.0646. The number of nitrogens with zero attached hydrogens (tertiary/aromatic N) is 4. The van der Waals surface area contributed by atoms with Crippen LogP contribution < -0.4 is 4.90 Å². The smallest absolute Gasteiger partial charge is 0.134 e. The van der Waals surface area contributed by atoms with Crippen LogP contribution in [0, 0.1) is 0 Å². The number of imidazole rings is 1. The minimum absolute atomic E-state index is 0.210. The molecule has 0 bridgehead atoms. The van der Waals surface area contributed by atoms with E-state index < -0.39 is 0 Å². The third-order valence-corrected chi connectivity index (χ3v) is 5.86. The highest BCUT2D eigenvalue weighted by atomic mass is 16.5. The molecule has 0 unspecified atom stereocenters. The van der Waals surface area contributed by atoms with Crippen LogP contribution in [0.3, 0.4) is 0 Å². The maximum absolute atomic E-state index is 5.58. The van der Waals surface area contributed by atoms with Crippen molar-refractivity contribution in [3.8, 4) is 0 Å². The van der Waals surface area contributed by atoms with E-state index in [0.29, 0.717) is 0 Å². The molecule has 1 aliphatic heterocycles. The summed E-state index contributed by atoms with van der Waals surface area (Å²) in [7, 11) is 4.10. The van der Waals surface area contributed by atoms with E-state index in [4.69, 9.17) is 4.74 Å². The van der Waals surface area contributed by atoms with Crippen molar-refractivity contribution in [2.24, 2.45) is 7.05 Å². The number of rotatable bonds is 6. The van der Waals surface area contributed by atoms with Crippen molar-refractivity contribution in [3.05, 3.63) is 47.9 Å². The second-order valence-electron chi connectivity index (χ2n) is 7.67. The van der Waals surface area contributed by atoms with Gasteiger partial charge in [0.25, 0.3) is 0 Å². The van der Waals surface area contributed by atoms with Gasteiger partial charge in [0.2, 0.25) is 0 Å². The van der Waals surface area contributed by atoms with Crippen molar-refractivity contribution in [1.29, 1.82) is 0 Å². The SMILES string of the molecule is CCCC1(c2ccc(N(C)c3cc4c(cn3)ncn4C)c(CC)c2)COC1. The minimum Gasteiger partial charge on any atom is -0.379 e. The van der Waals surface area contributed by atoms with Crippen LogP contribution in [0.5, 0.6) is 0 Å². The van der Waals surface area contributed by atoms with Crippen LogP contribution in [0.25, 0.3) is 11.0 Å². The minimum atomic E-state index is 0.210. The Morgan fingerprint density at radius 3 is 2.67 bits per heavy atom. The predicted molar refractivity (Wildman–Crippen MR) is 110 cm³/mol. The van der Waals surface area contributed by atoms with Gasteiger partial charge in [-0.3, -0.25) is 0 Å². The van der Waals surface area contributed by atoms with Gasteiger partial charge in [0.15, 0.2) is 0 Å². The Labute approximate surface area is 161 Å². The maximum atomic E-state index is 5.58. The Bertz CT molecular complexity index is 958. The van der Waals surface area contributed by atoms with Crippen molar-refractivity contribution >= 4 is 22.5 Å². The molecule has 1 aromatic carbocycles. The Morgan fingerprint density at radius 1 is 1.19 bits per heavy atom. The van der Waals surface area contributed by atoms with E-state index in [9.17, 15) is 0 Å². The molecule has 5 heteroatoms. The van der Waals surface area contributed by atoms with Gasteiger partial charge in [0.1, 0.15) is 11.3 Å². The van der Waals surface area contributed by atoms with E-state index in [1.165, 1.54) is 29.7 Å². The van der Waals surface area contributed by atoms with Gasteiger partial charge in [-0.15, -0.1) is 0 Å². The van der Waals surface area contributed by atoms with Gasteiger partial charge in [-0.25, -0.2) is 9.97 Å². The summed E-state index contributed by atoms with van der Waals surface area (Å²) in [5, 5.41) is 0. The molecule has 142 valence electrons. The first-order chi connectivity index (χ1) is 13.1.